The Labute approximate surface area is 163 Å². The zero-order valence-corrected chi connectivity index (χ0v) is 16.8. The van der Waals surface area contributed by atoms with E-state index < -0.39 is 0 Å². The number of anilines is 1. The number of fused-ring (bicyclic) bond motifs is 1. The number of benzene rings is 1. The summed E-state index contributed by atoms with van der Waals surface area (Å²) in [5.74, 6) is 1.95. The second-order valence-corrected chi connectivity index (χ2v) is 7.29. The summed E-state index contributed by atoms with van der Waals surface area (Å²) in [5, 5.41) is 3.51. The molecule has 0 saturated carbocycles. The molecule has 0 saturated heterocycles. The van der Waals surface area contributed by atoms with Crippen LogP contribution in [-0.4, -0.2) is 42.2 Å². The van der Waals surface area contributed by atoms with Crippen LogP contribution in [0.1, 0.15) is 37.1 Å². The third-order valence-corrected chi connectivity index (χ3v) is 4.27. The topological polar surface area (TPSA) is 98.4 Å². The number of aromatic nitrogens is 3. The largest absolute Gasteiger partial charge is 0.496 e. The summed E-state index contributed by atoms with van der Waals surface area (Å²) in [4.78, 5) is 24.4. The van der Waals surface area contributed by atoms with Crippen LogP contribution in [0.15, 0.2) is 24.5 Å². The van der Waals surface area contributed by atoms with Crippen molar-refractivity contribution in [1.82, 2.24) is 15.0 Å². The van der Waals surface area contributed by atoms with E-state index in [-0.39, 0.29) is 11.3 Å². The van der Waals surface area contributed by atoms with Gasteiger partial charge in [0.1, 0.15) is 17.3 Å². The van der Waals surface area contributed by atoms with Gasteiger partial charge in [0.2, 0.25) is 0 Å². The lowest BCUT2D eigenvalue weighted by Crippen LogP contribution is -2.17. The van der Waals surface area contributed by atoms with Gasteiger partial charge in [-0.1, -0.05) is 20.8 Å². The first-order valence-electron chi connectivity index (χ1n) is 8.74. The molecule has 0 aliphatic heterocycles. The molecular formula is C20H24N4O4. The van der Waals surface area contributed by atoms with E-state index in [1.165, 1.54) is 0 Å². The second kappa shape index (κ2) is 7.38. The Morgan fingerprint density at radius 1 is 1.00 bits per heavy atom. The van der Waals surface area contributed by atoms with Crippen LogP contribution in [0.3, 0.4) is 0 Å². The Balaban J connectivity index is 1.94. The third-order valence-electron chi connectivity index (χ3n) is 4.27. The molecule has 2 N–H and O–H groups in total. The predicted molar refractivity (Wildman–Crippen MR) is 107 cm³/mol. The molecule has 28 heavy (non-hydrogen) atoms. The minimum absolute atomic E-state index is 0.161. The fourth-order valence-electron chi connectivity index (χ4n) is 2.84. The highest BCUT2D eigenvalue weighted by molar-refractivity contribution is 6.07. The lowest BCUT2D eigenvalue weighted by atomic mass is 9.96. The second-order valence-electron chi connectivity index (χ2n) is 7.29. The average molecular weight is 384 g/mol. The SMILES string of the molecule is COc1cc(OC)c2cc(C(=O)Nc3cnc(C(C)(C)C)nc3)[nH]c2c1OC. The van der Waals surface area contributed by atoms with E-state index in [9.17, 15) is 4.79 Å². The zero-order valence-electron chi connectivity index (χ0n) is 16.8. The zero-order chi connectivity index (χ0) is 20.5. The molecule has 0 unspecified atom stereocenters. The van der Waals surface area contributed by atoms with Crippen LogP contribution in [0.4, 0.5) is 5.69 Å². The summed E-state index contributed by atoms with van der Waals surface area (Å²) in [6.07, 6.45) is 3.19. The van der Waals surface area contributed by atoms with Crippen LogP contribution < -0.4 is 19.5 Å². The van der Waals surface area contributed by atoms with Crippen LogP contribution in [0, 0.1) is 0 Å². The molecule has 1 aromatic carbocycles. The lowest BCUT2D eigenvalue weighted by Gasteiger charge is -2.16. The maximum absolute atomic E-state index is 12.7. The van der Waals surface area contributed by atoms with Gasteiger partial charge in [0.25, 0.3) is 5.91 Å². The summed E-state index contributed by atoms with van der Waals surface area (Å²) in [6.45, 7) is 6.08. The van der Waals surface area contributed by atoms with Crippen LogP contribution in [-0.2, 0) is 5.41 Å². The minimum Gasteiger partial charge on any atom is -0.496 e. The minimum atomic E-state index is -0.327. The van der Waals surface area contributed by atoms with Crippen molar-refractivity contribution in [2.24, 2.45) is 0 Å². The first-order chi connectivity index (χ1) is 13.3. The van der Waals surface area contributed by atoms with Crippen molar-refractivity contribution in [2.45, 2.75) is 26.2 Å². The maximum atomic E-state index is 12.7. The number of rotatable bonds is 5. The van der Waals surface area contributed by atoms with Crippen LogP contribution in [0.2, 0.25) is 0 Å². The Morgan fingerprint density at radius 2 is 1.64 bits per heavy atom. The van der Waals surface area contributed by atoms with Gasteiger partial charge < -0.3 is 24.5 Å². The summed E-state index contributed by atoms with van der Waals surface area (Å²) in [6, 6.07) is 3.42. The van der Waals surface area contributed by atoms with Crippen molar-refractivity contribution in [1.29, 1.82) is 0 Å². The van der Waals surface area contributed by atoms with Crippen molar-refractivity contribution >= 4 is 22.5 Å². The van der Waals surface area contributed by atoms with Crippen molar-refractivity contribution in [3.05, 3.63) is 36.0 Å². The highest BCUT2D eigenvalue weighted by Crippen LogP contribution is 2.41. The van der Waals surface area contributed by atoms with Crippen molar-refractivity contribution in [3.63, 3.8) is 0 Å². The number of ether oxygens (including phenoxy) is 3. The van der Waals surface area contributed by atoms with Crippen molar-refractivity contribution in [3.8, 4) is 17.2 Å². The van der Waals surface area contributed by atoms with E-state index in [0.29, 0.717) is 45.4 Å². The molecule has 8 heteroatoms. The molecule has 148 valence electrons. The number of carbonyl (C=O) groups excluding carboxylic acids is 1. The van der Waals surface area contributed by atoms with Gasteiger partial charge in [-0.05, 0) is 6.07 Å². The van der Waals surface area contributed by atoms with Gasteiger partial charge in [-0.25, -0.2) is 9.97 Å². The predicted octanol–water partition coefficient (Wildman–Crippen LogP) is 3.53. The van der Waals surface area contributed by atoms with Gasteiger partial charge >= 0.3 is 0 Å². The molecular weight excluding hydrogens is 360 g/mol. The molecule has 2 aromatic heterocycles. The summed E-state index contributed by atoms with van der Waals surface area (Å²) in [5.41, 5.74) is 1.31. The molecule has 0 aliphatic rings. The van der Waals surface area contributed by atoms with Gasteiger partial charge in [-0.15, -0.1) is 0 Å². The van der Waals surface area contributed by atoms with Gasteiger partial charge in [0.15, 0.2) is 11.5 Å². The number of carbonyl (C=O) groups is 1. The summed E-state index contributed by atoms with van der Waals surface area (Å²) >= 11 is 0. The lowest BCUT2D eigenvalue weighted by molar-refractivity contribution is 0.102. The monoisotopic (exact) mass is 384 g/mol. The van der Waals surface area contributed by atoms with E-state index in [2.05, 4.69) is 20.3 Å². The molecule has 2 heterocycles. The molecule has 0 spiro atoms. The smallest absolute Gasteiger partial charge is 0.272 e. The Hall–Kier alpha value is -3.29. The maximum Gasteiger partial charge on any atom is 0.272 e. The van der Waals surface area contributed by atoms with E-state index in [0.717, 1.165) is 0 Å². The van der Waals surface area contributed by atoms with Gasteiger partial charge in [-0.3, -0.25) is 4.79 Å². The van der Waals surface area contributed by atoms with Crippen molar-refractivity contribution in [2.75, 3.05) is 26.6 Å². The van der Waals surface area contributed by atoms with Crippen LogP contribution in [0.25, 0.3) is 10.9 Å². The fourth-order valence-corrected chi connectivity index (χ4v) is 2.84. The molecule has 8 nitrogen and oxygen atoms in total. The van der Waals surface area contributed by atoms with Gasteiger partial charge in [0, 0.05) is 16.9 Å². The highest BCUT2D eigenvalue weighted by Gasteiger charge is 2.20. The first kappa shape index (κ1) is 19.5. The number of amides is 1. The summed E-state index contributed by atoms with van der Waals surface area (Å²) in [7, 11) is 4.64. The highest BCUT2D eigenvalue weighted by atomic mass is 16.5. The normalized spacial score (nSPS) is 11.4. The molecule has 0 radical (unpaired) electrons. The first-order valence-corrected chi connectivity index (χ1v) is 8.74. The van der Waals surface area contributed by atoms with Crippen LogP contribution >= 0.6 is 0 Å². The molecule has 0 aliphatic carbocycles. The number of H-pyrrole nitrogens is 1. The number of methoxy groups -OCH3 is 3. The number of nitrogens with zero attached hydrogens (tertiary/aromatic N) is 2. The van der Waals surface area contributed by atoms with Crippen molar-refractivity contribution < 1.29 is 19.0 Å². The standard InChI is InChI=1S/C20H24N4O4/c1-20(2,3)19-21-9-11(10-22-19)23-18(25)13-7-12-14(26-4)8-15(27-5)17(28-6)16(12)24-13/h7-10,24H,1-6H3,(H,23,25). The number of hydrogen-bond acceptors (Lipinski definition) is 6. The Kier molecular flexibility index (Phi) is 5.13. The molecule has 3 aromatic rings. The van der Waals surface area contributed by atoms with Gasteiger partial charge in [-0.2, -0.15) is 0 Å². The van der Waals surface area contributed by atoms with E-state index in [4.69, 9.17) is 14.2 Å². The van der Waals surface area contributed by atoms with Crippen LogP contribution in [0.5, 0.6) is 17.2 Å². The molecule has 3 rings (SSSR count). The number of nitrogens with one attached hydrogen (secondary N) is 2. The number of aromatic amines is 1. The Bertz CT molecular complexity index is 1000. The van der Waals surface area contributed by atoms with E-state index >= 15 is 0 Å². The third kappa shape index (κ3) is 3.58. The van der Waals surface area contributed by atoms with Gasteiger partial charge in [0.05, 0.1) is 44.9 Å². The van der Waals surface area contributed by atoms with E-state index in [1.54, 1.807) is 45.9 Å². The quantitative estimate of drug-likeness (QED) is 0.698. The molecule has 1 amide bonds. The fraction of sp³-hybridized carbons (Fsp3) is 0.350. The number of hydrogen-bond donors (Lipinski definition) is 2. The average Bonchev–Trinajstić information content (AvgIpc) is 3.11. The molecule has 0 fully saturated rings. The van der Waals surface area contributed by atoms with E-state index in [1.807, 2.05) is 20.8 Å². The molecule has 0 atom stereocenters. The Morgan fingerprint density at radius 3 is 2.18 bits per heavy atom. The summed E-state index contributed by atoms with van der Waals surface area (Å²) < 4.78 is 16.2. The molecule has 0 bridgehead atoms.